The standard InChI is InChI=1S/C18H19F3N2O2S.ClH/c19-18(20,21)25-14-7-1-11(2-8-14)15-9-10-16(26-15)17(24)23-13-5-3-12(22)4-6-13;/h1-2,7-10,12-13H,3-6,22H2,(H,23,24);1H. The fourth-order valence-electron chi connectivity index (χ4n) is 2.96. The van der Waals surface area contributed by atoms with Gasteiger partial charge in [-0.2, -0.15) is 0 Å². The van der Waals surface area contributed by atoms with Gasteiger partial charge in [0.2, 0.25) is 0 Å². The van der Waals surface area contributed by atoms with Gasteiger partial charge in [0.15, 0.2) is 0 Å². The highest BCUT2D eigenvalue weighted by molar-refractivity contribution is 7.17. The lowest BCUT2D eigenvalue weighted by Crippen LogP contribution is -2.40. The molecular formula is C18H20ClF3N2O2S. The molecule has 0 aliphatic heterocycles. The maximum atomic E-state index is 12.4. The molecule has 0 atom stereocenters. The molecule has 1 aliphatic rings. The Balaban J connectivity index is 0.00000261. The Morgan fingerprint density at radius 3 is 2.30 bits per heavy atom. The summed E-state index contributed by atoms with van der Waals surface area (Å²) in [7, 11) is 0. The van der Waals surface area contributed by atoms with Gasteiger partial charge in [0.25, 0.3) is 5.91 Å². The van der Waals surface area contributed by atoms with E-state index in [0.29, 0.717) is 4.88 Å². The second-order valence-corrected chi connectivity index (χ2v) is 7.41. The van der Waals surface area contributed by atoms with Crippen molar-refractivity contribution >= 4 is 29.7 Å². The molecule has 3 rings (SSSR count). The van der Waals surface area contributed by atoms with Crippen LogP contribution in [0.25, 0.3) is 10.4 Å². The van der Waals surface area contributed by atoms with Gasteiger partial charge in [-0.25, -0.2) is 0 Å². The smallest absolute Gasteiger partial charge is 0.406 e. The summed E-state index contributed by atoms with van der Waals surface area (Å²) in [4.78, 5) is 13.8. The first-order chi connectivity index (χ1) is 12.3. The third-order valence-electron chi connectivity index (χ3n) is 4.31. The van der Waals surface area contributed by atoms with Crippen LogP contribution in [-0.4, -0.2) is 24.4 Å². The van der Waals surface area contributed by atoms with Gasteiger partial charge in [-0.15, -0.1) is 36.9 Å². The summed E-state index contributed by atoms with van der Waals surface area (Å²) in [5.41, 5.74) is 6.60. The normalized spacial score (nSPS) is 19.9. The highest BCUT2D eigenvalue weighted by Crippen LogP contribution is 2.31. The summed E-state index contributed by atoms with van der Waals surface area (Å²) in [6.07, 6.45) is -1.13. The molecule has 1 aromatic carbocycles. The van der Waals surface area contributed by atoms with E-state index in [1.165, 1.54) is 35.6 Å². The van der Waals surface area contributed by atoms with Crippen molar-refractivity contribution in [2.24, 2.45) is 5.73 Å². The zero-order valence-electron chi connectivity index (χ0n) is 14.3. The number of amides is 1. The molecule has 9 heteroatoms. The molecule has 1 saturated carbocycles. The van der Waals surface area contributed by atoms with Crippen LogP contribution >= 0.6 is 23.7 Å². The number of nitrogens with two attached hydrogens (primary N) is 1. The predicted octanol–water partition coefficient (Wildman–Crippen LogP) is 4.74. The van der Waals surface area contributed by atoms with Crippen molar-refractivity contribution in [3.8, 4) is 16.2 Å². The van der Waals surface area contributed by atoms with Gasteiger partial charge in [-0.1, -0.05) is 0 Å². The van der Waals surface area contributed by atoms with E-state index in [1.54, 1.807) is 12.1 Å². The van der Waals surface area contributed by atoms with Crippen molar-refractivity contribution in [1.29, 1.82) is 0 Å². The van der Waals surface area contributed by atoms with E-state index in [2.05, 4.69) is 10.1 Å². The molecule has 0 bridgehead atoms. The van der Waals surface area contributed by atoms with E-state index in [1.807, 2.05) is 0 Å². The van der Waals surface area contributed by atoms with Crippen LogP contribution in [0.5, 0.6) is 5.75 Å². The summed E-state index contributed by atoms with van der Waals surface area (Å²) in [6, 6.07) is 9.47. The summed E-state index contributed by atoms with van der Waals surface area (Å²) in [5.74, 6) is -0.398. The molecule has 0 radical (unpaired) electrons. The largest absolute Gasteiger partial charge is 0.573 e. The molecule has 1 fully saturated rings. The van der Waals surface area contributed by atoms with Crippen LogP contribution in [0.15, 0.2) is 36.4 Å². The van der Waals surface area contributed by atoms with E-state index in [4.69, 9.17) is 5.73 Å². The molecule has 1 aromatic heterocycles. The lowest BCUT2D eigenvalue weighted by Gasteiger charge is -2.26. The van der Waals surface area contributed by atoms with Gasteiger partial charge in [-0.05, 0) is 67.6 Å². The molecular weight excluding hydrogens is 401 g/mol. The van der Waals surface area contributed by atoms with Gasteiger partial charge >= 0.3 is 6.36 Å². The molecule has 2 aromatic rings. The van der Waals surface area contributed by atoms with Gasteiger partial charge in [0, 0.05) is 17.0 Å². The first-order valence-electron chi connectivity index (χ1n) is 8.32. The summed E-state index contributed by atoms with van der Waals surface area (Å²) < 4.78 is 40.5. The average Bonchev–Trinajstić information content (AvgIpc) is 3.06. The summed E-state index contributed by atoms with van der Waals surface area (Å²) >= 11 is 1.30. The van der Waals surface area contributed by atoms with Crippen molar-refractivity contribution in [3.05, 3.63) is 41.3 Å². The maximum Gasteiger partial charge on any atom is 0.573 e. The highest BCUT2D eigenvalue weighted by atomic mass is 35.5. The molecule has 27 heavy (non-hydrogen) atoms. The van der Waals surface area contributed by atoms with E-state index in [0.717, 1.165) is 36.1 Å². The minimum Gasteiger partial charge on any atom is -0.406 e. The Bertz CT molecular complexity index is 757. The molecule has 0 unspecified atom stereocenters. The molecule has 4 nitrogen and oxygen atoms in total. The Labute approximate surface area is 165 Å². The Kier molecular flexibility index (Phi) is 7.13. The van der Waals surface area contributed by atoms with Gasteiger partial charge in [0.1, 0.15) is 5.75 Å². The van der Waals surface area contributed by atoms with Crippen molar-refractivity contribution in [2.75, 3.05) is 0 Å². The number of hydrogen-bond acceptors (Lipinski definition) is 4. The number of thiophene rings is 1. The number of benzene rings is 1. The lowest BCUT2D eigenvalue weighted by molar-refractivity contribution is -0.274. The lowest BCUT2D eigenvalue weighted by atomic mass is 9.92. The van der Waals surface area contributed by atoms with Crippen LogP contribution < -0.4 is 15.8 Å². The summed E-state index contributed by atoms with van der Waals surface area (Å²) in [6.45, 7) is 0. The number of halogens is 4. The Morgan fingerprint density at radius 1 is 1.07 bits per heavy atom. The molecule has 3 N–H and O–H groups in total. The van der Waals surface area contributed by atoms with Crippen LogP contribution in [0, 0.1) is 0 Å². The Hall–Kier alpha value is -1.77. The van der Waals surface area contributed by atoms with E-state index in [9.17, 15) is 18.0 Å². The number of nitrogens with one attached hydrogen (secondary N) is 1. The van der Waals surface area contributed by atoms with Gasteiger partial charge in [-0.3, -0.25) is 4.79 Å². The predicted molar refractivity (Wildman–Crippen MR) is 101 cm³/mol. The fraction of sp³-hybridized carbons (Fsp3) is 0.389. The number of carbonyl (C=O) groups is 1. The third-order valence-corrected chi connectivity index (χ3v) is 5.44. The van der Waals surface area contributed by atoms with Crippen molar-refractivity contribution in [1.82, 2.24) is 5.32 Å². The van der Waals surface area contributed by atoms with E-state index in [-0.39, 0.29) is 36.1 Å². The van der Waals surface area contributed by atoms with Gasteiger partial charge in [0.05, 0.1) is 4.88 Å². The van der Waals surface area contributed by atoms with Crippen molar-refractivity contribution in [2.45, 2.75) is 44.1 Å². The molecule has 1 heterocycles. The molecule has 1 aliphatic carbocycles. The van der Waals surface area contributed by atoms with Crippen LogP contribution in [0.4, 0.5) is 13.2 Å². The van der Waals surface area contributed by atoms with Crippen molar-refractivity contribution in [3.63, 3.8) is 0 Å². The molecule has 0 spiro atoms. The highest BCUT2D eigenvalue weighted by Gasteiger charge is 2.31. The minimum absolute atomic E-state index is 0. The Morgan fingerprint density at radius 2 is 1.70 bits per heavy atom. The zero-order chi connectivity index (χ0) is 18.7. The second kappa shape index (κ2) is 8.95. The van der Waals surface area contributed by atoms with Crippen LogP contribution in [0.3, 0.4) is 0 Å². The number of ether oxygens (including phenoxy) is 1. The number of carbonyl (C=O) groups excluding carboxylic acids is 1. The summed E-state index contributed by atoms with van der Waals surface area (Å²) in [5, 5.41) is 3.03. The first-order valence-corrected chi connectivity index (χ1v) is 9.14. The van der Waals surface area contributed by atoms with Crippen molar-refractivity contribution < 1.29 is 22.7 Å². The molecule has 1 amide bonds. The molecule has 0 saturated heterocycles. The second-order valence-electron chi connectivity index (χ2n) is 6.32. The monoisotopic (exact) mass is 420 g/mol. The number of hydrogen-bond donors (Lipinski definition) is 2. The van der Waals surface area contributed by atoms with Crippen LogP contribution in [-0.2, 0) is 0 Å². The maximum absolute atomic E-state index is 12.4. The SMILES string of the molecule is Cl.NC1CCC(NC(=O)c2ccc(-c3ccc(OC(F)(F)F)cc3)s2)CC1. The van der Waals surface area contributed by atoms with Crippen LogP contribution in [0.2, 0.25) is 0 Å². The number of rotatable bonds is 4. The fourth-order valence-corrected chi connectivity index (χ4v) is 3.87. The van der Waals surface area contributed by atoms with Crippen LogP contribution in [0.1, 0.15) is 35.4 Å². The van der Waals surface area contributed by atoms with Gasteiger partial charge < -0.3 is 15.8 Å². The topological polar surface area (TPSA) is 64.3 Å². The number of alkyl halides is 3. The minimum atomic E-state index is -4.71. The molecule has 148 valence electrons. The first kappa shape index (κ1) is 21.5. The van der Waals surface area contributed by atoms with E-state index < -0.39 is 6.36 Å². The third kappa shape index (κ3) is 6.12. The zero-order valence-corrected chi connectivity index (χ0v) is 15.9. The average molecular weight is 421 g/mol. The quantitative estimate of drug-likeness (QED) is 0.751. The van der Waals surface area contributed by atoms with E-state index >= 15 is 0 Å².